The SMILES string of the molecule is CCn1nc(C)c2nc(CCCl)n(C3CCCC3C)c21. The predicted octanol–water partition coefficient (Wildman–Crippen LogP) is 3.70. The van der Waals surface area contributed by atoms with E-state index in [1.54, 1.807) is 0 Å². The summed E-state index contributed by atoms with van der Waals surface area (Å²) in [5.41, 5.74) is 3.29. The van der Waals surface area contributed by atoms with Crippen LogP contribution in [0.4, 0.5) is 0 Å². The third kappa shape index (κ3) is 2.05. The standard InChI is InChI=1S/C15H23ClN4/c1-4-19-15-14(11(3)18-19)17-13(8-9-16)20(15)12-7-5-6-10(12)2/h10,12H,4-9H2,1-3H3. The van der Waals surface area contributed by atoms with Crippen LogP contribution in [0.2, 0.25) is 0 Å². The molecule has 0 spiro atoms. The molecule has 2 atom stereocenters. The zero-order chi connectivity index (χ0) is 14.3. The number of halogens is 1. The van der Waals surface area contributed by atoms with Gasteiger partial charge in [0.25, 0.3) is 0 Å². The van der Waals surface area contributed by atoms with Gasteiger partial charge in [0, 0.05) is 24.9 Å². The smallest absolute Gasteiger partial charge is 0.159 e. The Kier molecular flexibility index (Phi) is 3.76. The van der Waals surface area contributed by atoms with E-state index in [1.165, 1.54) is 24.9 Å². The molecule has 0 aromatic carbocycles. The first-order chi connectivity index (χ1) is 9.67. The van der Waals surface area contributed by atoms with Crippen molar-refractivity contribution in [2.45, 2.75) is 59.0 Å². The van der Waals surface area contributed by atoms with Crippen molar-refractivity contribution in [1.29, 1.82) is 0 Å². The highest BCUT2D eigenvalue weighted by Gasteiger charge is 2.30. The van der Waals surface area contributed by atoms with Crippen molar-refractivity contribution >= 4 is 22.8 Å². The largest absolute Gasteiger partial charge is 0.309 e. The molecule has 2 aromatic heterocycles. The van der Waals surface area contributed by atoms with Gasteiger partial charge in [-0.2, -0.15) is 5.10 Å². The van der Waals surface area contributed by atoms with Gasteiger partial charge >= 0.3 is 0 Å². The first-order valence-electron chi connectivity index (χ1n) is 7.67. The summed E-state index contributed by atoms with van der Waals surface area (Å²) < 4.78 is 4.54. The summed E-state index contributed by atoms with van der Waals surface area (Å²) in [5, 5.41) is 4.63. The molecule has 0 aliphatic heterocycles. The van der Waals surface area contributed by atoms with E-state index in [4.69, 9.17) is 16.6 Å². The van der Waals surface area contributed by atoms with Gasteiger partial charge in [0.05, 0.1) is 5.69 Å². The van der Waals surface area contributed by atoms with E-state index < -0.39 is 0 Å². The summed E-state index contributed by atoms with van der Waals surface area (Å²) in [5.74, 6) is 2.47. The van der Waals surface area contributed by atoms with Gasteiger partial charge in [0.2, 0.25) is 0 Å². The van der Waals surface area contributed by atoms with E-state index in [-0.39, 0.29) is 0 Å². The maximum atomic E-state index is 5.98. The maximum Gasteiger partial charge on any atom is 0.159 e. The predicted molar refractivity (Wildman–Crippen MR) is 82.4 cm³/mol. The van der Waals surface area contributed by atoms with E-state index in [1.807, 2.05) is 6.92 Å². The number of fused-ring (bicyclic) bond motifs is 1. The highest BCUT2D eigenvalue weighted by Crippen LogP contribution is 2.38. The summed E-state index contributed by atoms with van der Waals surface area (Å²) >= 11 is 5.98. The molecule has 5 heteroatoms. The Bertz CT molecular complexity index is 613. The number of nitrogens with zero attached hydrogens (tertiary/aromatic N) is 4. The molecule has 0 bridgehead atoms. The maximum absolute atomic E-state index is 5.98. The second-order valence-electron chi connectivity index (χ2n) is 5.89. The van der Waals surface area contributed by atoms with Crippen LogP contribution in [-0.4, -0.2) is 25.2 Å². The summed E-state index contributed by atoms with van der Waals surface area (Å²) in [6.45, 7) is 7.43. The van der Waals surface area contributed by atoms with Gasteiger partial charge in [-0.15, -0.1) is 11.6 Å². The van der Waals surface area contributed by atoms with Gasteiger partial charge in [0.1, 0.15) is 11.3 Å². The molecule has 2 aromatic rings. The minimum Gasteiger partial charge on any atom is -0.309 e. The van der Waals surface area contributed by atoms with E-state index >= 15 is 0 Å². The lowest BCUT2D eigenvalue weighted by molar-refractivity contribution is 0.399. The lowest BCUT2D eigenvalue weighted by Crippen LogP contribution is -2.17. The Morgan fingerprint density at radius 3 is 2.75 bits per heavy atom. The topological polar surface area (TPSA) is 35.6 Å². The van der Waals surface area contributed by atoms with Crippen molar-refractivity contribution in [3.63, 3.8) is 0 Å². The quantitative estimate of drug-likeness (QED) is 0.806. The van der Waals surface area contributed by atoms with Gasteiger partial charge in [-0.1, -0.05) is 13.3 Å². The van der Waals surface area contributed by atoms with Crippen LogP contribution in [0.15, 0.2) is 0 Å². The minimum atomic E-state index is 0.555. The average Bonchev–Trinajstić information content (AvgIpc) is 3.07. The molecule has 1 fully saturated rings. The molecule has 2 unspecified atom stereocenters. The third-order valence-electron chi connectivity index (χ3n) is 4.58. The summed E-state index contributed by atoms with van der Waals surface area (Å²) in [6.07, 6.45) is 4.70. The van der Waals surface area contributed by atoms with Crippen molar-refractivity contribution in [3.8, 4) is 0 Å². The Balaban J connectivity index is 2.21. The molecular formula is C15H23ClN4. The van der Waals surface area contributed by atoms with Crippen molar-refractivity contribution < 1.29 is 0 Å². The van der Waals surface area contributed by atoms with Crippen LogP contribution in [-0.2, 0) is 13.0 Å². The van der Waals surface area contributed by atoms with E-state index in [0.29, 0.717) is 17.8 Å². The van der Waals surface area contributed by atoms with E-state index in [9.17, 15) is 0 Å². The van der Waals surface area contributed by atoms with Crippen molar-refractivity contribution in [1.82, 2.24) is 19.3 Å². The number of alkyl halides is 1. The Labute approximate surface area is 125 Å². The van der Waals surface area contributed by atoms with Gasteiger partial charge in [-0.05, 0) is 32.6 Å². The summed E-state index contributed by atoms with van der Waals surface area (Å²) in [4.78, 5) is 4.84. The summed E-state index contributed by atoms with van der Waals surface area (Å²) in [7, 11) is 0. The van der Waals surface area contributed by atoms with E-state index in [0.717, 1.165) is 30.0 Å². The van der Waals surface area contributed by atoms with Crippen molar-refractivity contribution in [2.24, 2.45) is 5.92 Å². The minimum absolute atomic E-state index is 0.555. The first kappa shape index (κ1) is 13.9. The fraction of sp³-hybridized carbons (Fsp3) is 0.733. The van der Waals surface area contributed by atoms with Crippen molar-refractivity contribution in [3.05, 3.63) is 11.5 Å². The fourth-order valence-corrected chi connectivity index (χ4v) is 3.74. The Morgan fingerprint density at radius 1 is 1.35 bits per heavy atom. The van der Waals surface area contributed by atoms with Crippen LogP contribution in [0.1, 0.15) is 50.7 Å². The second-order valence-corrected chi connectivity index (χ2v) is 6.26. The Morgan fingerprint density at radius 2 is 2.15 bits per heavy atom. The Hall–Kier alpha value is -1.03. The van der Waals surface area contributed by atoms with Crippen LogP contribution >= 0.6 is 11.6 Å². The molecule has 3 rings (SSSR count). The molecule has 1 aliphatic carbocycles. The van der Waals surface area contributed by atoms with Crippen LogP contribution in [0.5, 0.6) is 0 Å². The number of aromatic nitrogens is 4. The molecule has 1 saturated carbocycles. The molecule has 20 heavy (non-hydrogen) atoms. The zero-order valence-electron chi connectivity index (χ0n) is 12.6. The van der Waals surface area contributed by atoms with Crippen LogP contribution in [0.25, 0.3) is 11.2 Å². The molecule has 4 nitrogen and oxygen atoms in total. The van der Waals surface area contributed by atoms with Gasteiger partial charge in [-0.3, -0.25) is 0 Å². The number of rotatable bonds is 4. The molecule has 1 aliphatic rings. The third-order valence-corrected chi connectivity index (χ3v) is 4.77. The lowest BCUT2D eigenvalue weighted by atomic mass is 10.1. The van der Waals surface area contributed by atoms with Crippen LogP contribution in [0.3, 0.4) is 0 Å². The fourth-order valence-electron chi connectivity index (χ4n) is 3.57. The molecule has 0 N–H and O–H groups in total. The lowest BCUT2D eigenvalue weighted by Gasteiger charge is -2.21. The van der Waals surface area contributed by atoms with Gasteiger partial charge in [0.15, 0.2) is 5.65 Å². The zero-order valence-corrected chi connectivity index (χ0v) is 13.3. The molecule has 0 radical (unpaired) electrons. The molecule has 2 heterocycles. The van der Waals surface area contributed by atoms with Gasteiger partial charge in [-0.25, -0.2) is 9.67 Å². The second kappa shape index (κ2) is 5.40. The van der Waals surface area contributed by atoms with Crippen LogP contribution in [0, 0.1) is 12.8 Å². The summed E-state index contributed by atoms with van der Waals surface area (Å²) in [6, 6.07) is 0.555. The van der Waals surface area contributed by atoms with E-state index in [2.05, 4.69) is 28.2 Å². The van der Waals surface area contributed by atoms with Crippen LogP contribution < -0.4 is 0 Å². The van der Waals surface area contributed by atoms with Gasteiger partial charge < -0.3 is 4.57 Å². The highest BCUT2D eigenvalue weighted by molar-refractivity contribution is 6.17. The number of imidazole rings is 1. The number of hydrogen-bond acceptors (Lipinski definition) is 2. The molecular weight excluding hydrogens is 272 g/mol. The number of aryl methyl sites for hydroxylation is 3. The number of hydrogen-bond donors (Lipinski definition) is 0. The first-order valence-corrected chi connectivity index (χ1v) is 8.21. The average molecular weight is 295 g/mol. The van der Waals surface area contributed by atoms with Crippen molar-refractivity contribution in [2.75, 3.05) is 5.88 Å². The highest BCUT2D eigenvalue weighted by atomic mass is 35.5. The normalized spacial score (nSPS) is 23.0. The monoisotopic (exact) mass is 294 g/mol. The molecule has 0 amide bonds. The molecule has 0 saturated heterocycles. The molecule has 110 valence electrons.